The summed E-state index contributed by atoms with van der Waals surface area (Å²) >= 11 is 0. The number of rotatable bonds is 5. The largest absolute Gasteiger partial charge is 0.466 e. The molecule has 0 heterocycles. The Kier molecular flexibility index (Phi) is 8.22. The summed E-state index contributed by atoms with van der Waals surface area (Å²) in [5.41, 5.74) is 1.53. The minimum atomic E-state index is -4.52. The van der Waals surface area contributed by atoms with Crippen LogP contribution in [0.1, 0.15) is 47.8 Å². The van der Waals surface area contributed by atoms with Gasteiger partial charge in [0.05, 0.1) is 18.6 Å². The Morgan fingerprint density at radius 3 is 2.30 bits per heavy atom. The Morgan fingerprint density at radius 1 is 1.07 bits per heavy atom. The summed E-state index contributed by atoms with van der Waals surface area (Å²) in [6.45, 7) is 7.76. The van der Waals surface area contributed by atoms with Gasteiger partial charge in [0, 0.05) is 5.56 Å². The van der Waals surface area contributed by atoms with Crippen molar-refractivity contribution in [2.75, 3.05) is 6.61 Å². The molecule has 0 saturated heterocycles. The number of hydrogen-bond acceptors (Lipinski definition) is 3. The van der Waals surface area contributed by atoms with Crippen LogP contribution < -0.4 is 0 Å². The molecule has 0 aliphatic carbocycles. The quantitative estimate of drug-likeness (QED) is 0.499. The highest BCUT2D eigenvalue weighted by Gasteiger charge is 2.31. The molecule has 146 valence electrons. The Balaban J connectivity index is 0.00000176. The van der Waals surface area contributed by atoms with Crippen LogP contribution in [0.3, 0.4) is 0 Å². The van der Waals surface area contributed by atoms with E-state index in [-0.39, 0.29) is 24.6 Å². The predicted octanol–water partition coefficient (Wildman–Crippen LogP) is 5.63. The zero-order valence-electron chi connectivity index (χ0n) is 15.8. The molecule has 27 heavy (non-hydrogen) atoms. The minimum Gasteiger partial charge on any atom is -0.466 e. The molecule has 0 bridgehead atoms. The molecular formula is C21H23F3O3. The first-order chi connectivity index (χ1) is 12.8. The van der Waals surface area contributed by atoms with Crippen molar-refractivity contribution in [1.29, 1.82) is 0 Å². The van der Waals surface area contributed by atoms with Crippen LogP contribution in [0.4, 0.5) is 13.2 Å². The highest BCUT2D eigenvalue weighted by atomic mass is 19.4. The molecule has 0 spiro atoms. The number of aryl methyl sites for hydroxylation is 1. The molecule has 0 aliphatic rings. The maximum atomic E-state index is 12.8. The van der Waals surface area contributed by atoms with Crippen LogP contribution >= 0.6 is 0 Å². The van der Waals surface area contributed by atoms with Gasteiger partial charge in [-0.15, -0.1) is 0 Å². The normalized spacial score (nSPS) is 10.6. The van der Waals surface area contributed by atoms with Crippen LogP contribution in [0.15, 0.2) is 36.4 Å². The molecule has 0 atom stereocenters. The van der Waals surface area contributed by atoms with E-state index in [4.69, 9.17) is 4.74 Å². The second kappa shape index (κ2) is 9.90. The van der Waals surface area contributed by atoms with Crippen LogP contribution in [0.25, 0.3) is 11.1 Å². The lowest BCUT2D eigenvalue weighted by molar-refractivity contribution is -0.142. The summed E-state index contributed by atoms with van der Waals surface area (Å²) in [7, 11) is 0. The SMILES string of the molecule is CC.CCOC(=O)Cc1ccc(C)c(-c2ccc(C(F)(F)F)cc2C=O)c1. The maximum absolute atomic E-state index is 12.8. The molecule has 0 aromatic heterocycles. The number of aldehydes is 1. The van der Waals surface area contributed by atoms with Crippen LogP contribution in [0, 0.1) is 6.92 Å². The molecule has 0 N–H and O–H groups in total. The van der Waals surface area contributed by atoms with E-state index in [0.717, 1.165) is 17.7 Å². The van der Waals surface area contributed by atoms with Gasteiger partial charge in [0.25, 0.3) is 0 Å². The number of carbonyl (C=O) groups excluding carboxylic acids is 2. The molecule has 0 aliphatic heterocycles. The first-order valence-electron chi connectivity index (χ1n) is 8.68. The van der Waals surface area contributed by atoms with E-state index in [1.165, 1.54) is 6.07 Å². The van der Waals surface area contributed by atoms with Gasteiger partial charge in [-0.1, -0.05) is 38.1 Å². The standard InChI is InChI=1S/C19H17F3O3.C2H6/c1-3-25-18(24)9-13-5-4-12(2)17(8-13)16-7-6-15(19(20,21)22)10-14(16)11-23;1-2/h4-8,10-11H,3,9H2,1-2H3;1-2H3. The summed E-state index contributed by atoms with van der Waals surface area (Å²) in [4.78, 5) is 22.9. The van der Waals surface area contributed by atoms with Crippen molar-refractivity contribution >= 4 is 12.3 Å². The van der Waals surface area contributed by atoms with Gasteiger partial charge in [-0.05, 0) is 48.2 Å². The minimum absolute atomic E-state index is 0.0498. The van der Waals surface area contributed by atoms with Gasteiger partial charge in [0.15, 0.2) is 6.29 Å². The Bertz CT molecular complexity index is 796. The van der Waals surface area contributed by atoms with Crippen molar-refractivity contribution in [2.45, 2.75) is 40.3 Å². The maximum Gasteiger partial charge on any atom is 0.416 e. The fourth-order valence-electron chi connectivity index (χ4n) is 2.53. The molecule has 2 aromatic rings. The van der Waals surface area contributed by atoms with Crippen molar-refractivity contribution in [3.8, 4) is 11.1 Å². The number of alkyl halides is 3. The smallest absolute Gasteiger partial charge is 0.416 e. The fraction of sp³-hybridized carbons (Fsp3) is 0.333. The monoisotopic (exact) mass is 380 g/mol. The van der Waals surface area contributed by atoms with E-state index in [1.54, 1.807) is 32.0 Å². The van der Waals surface area contributed by atoms with E-state index < -0.39 is 11.7 Å². The van der Waals surface area contributed by atoms with Crippen molar-refractivity contribution in [3.63, 3.8) is 0 Å². The summed E-state index contributed by atoms with van der Waals surface area (Å²) in [6, 6.07) is 8.26. The van der Waals surface area contributed by atoms with E-state index in [1.807, 2.05) is 13.8 Å². The molecule has 0 fully saturated rings. The second-order valence-electron chi connectivity index (χ2n) is 5.55. The molecule has 2 aromatic carbocycles. The van der Waals surface area contributed by atoms with Crippen molar-refractivity contribution in [1.82, 2.24) is 0 Å². The van der Waals surface area contributed by atoms with Gasteiger partial charge in [0.1, 0.15) is 0 Å². The first kappa shape index (κ1) is 22.4. The molecule has 0 unspecified atom stereocenters. The highest BCUT2D eigenvalue weighted by Crippen LogP contribution is 2.34. The first-order valence-corrected chi connectivity index (χ1v) is 8.68. The molecular weight excluding hydrogens is 357 g/mol. The number of carbonyl (C=O) groups is 2. The van der Waals surface area contributed by atoms with Crippen LogP contribution in [0.5, 0.6) is 0 Å². The van der Waals surface area contributed by atoms with Crippen molar-refractivity contribution in [3.05, 3.63) is 58.7 Å². The molecule has 0 saturated carbocycles. The molecule has 3 nitrogen and oxygen atoms in total. The van der Waals surface area contributed by atoms with Gasteiger partial charge in [-0.2, -0.15) is 13.2 Å². The highest BCUT2D eigenvalue weighted by molar-refractivity contribution is 5.89. The van der Waals surface area contributed by atoms with Crippen LogP contribution in [-0.4, -0.2) is 18.9 Å². The average molecular weight is 380 g/mol. The third-order valence-electron chi connectivity index (χ3n) is 3.75. The van der Waals surface area contributed by atoms with E-state index >= 15 is 0 Å². The third kappa shape index (κ3) is 5.94. The van der Waals surface area contributed by atoms with E-state index in [0.29, 0.717) is 23.0 Å². The van der Waals surface area contributed by atoms with Gasteiger partial charge in [0.2, 0.25) is 0 Å². The number of benzene rings is 2. The summed E-state index contributed by atoms with van der Waals surface area (Å²) < 4.78 is 43.4. The number of esters is 1. The topological polar surface area (TPSA) is 43.4 Å². The lowest BCUT2D eigenvalue weighted by Gasteiger charge is -2.13. The Morgan fingerprint density at radius 2 is 1.74 bits per heavy atom. The molecule has 6 heteroatoms. The summed E-state index contributed by atoms with van der Waals surface area (Å²) in [5.74, 6) is -0.389. The van der Waals surface area contributed by atoms with Gasteiger partial charge in [-0.3, -0.25) is 9.59 Å². The number of ether oxygens (including phenoxy) is 1. The fourth-order valence-corrected chi connectivity index (χ4v) is 2.53. The summed E-state index contributed by atoms with van der Waals surface area (Å²) in [5, 5.41) is 0. The zero-order valence-corrected chi connectivity index (χ0v) is 15.8. The Hall–Kier alpha value is -2.63. The summed E-state index contributed by atoms with van der Waals surface area (Å²) in [6.07, 6.45) is -4.06. The predicted molar refractivity (Wildman–Crippen MR) is 98.7 cm³/mol. The number of hydrogen-bond donors (Lipinski definition) is 0. The number of halogens is 3. The lowest BCUT2D eigenvalue weighted by atomic mass is 9.93. The molecule has 2 rings (SSSR count). The average Bonchev–Trinajstić information content (AvgIpc) is 2.64. The molecule has 0 amide bonds. The zero-order chi connectivity index (χ0) is 20.6. The van der Waals surface area contributed by atoms with E-state index in [9.17, 15) is 22.8 Å². The lowest BCUT2D eigenvalue weighted by Crippen LogP contribution is -2.08. The second-order valence-corrected chi connectivity index (χ2v) is 5.55. The van der Waals surface area contributed by atoms with Crippen LogP contribution in [-0.2, 0) is 22.1 Å². The third-order valence-corrected chi connectivity index (χ3v) is 3.75. The van der Waals surface area contributed by atoms with E-state index in [2.05, 4.69) is 0 Å². The van der Waals surface area contributed by atoms with Crippen molar-refractivity contribution in [2.24, 2.45) is 0 Å². The van der Waals surface area contributed by atoms with Gasteiger partial charge < -0.3 is 4.74 Å². The van der Waals surface area contributed by atoms with Crippen molar-refractivity contribution < 1.29 is 27.5 Å². The van der Waals surface area contributed by atoms with Gasteiger partial charge in [-0.25, -0.2) is 0 Å². The van der Waals surface area contributed by atoms with Crippen LogP contribution in [0.2, 0.25) is 0 Å². The Labute approximate surface area is 157 Å². The van der Waals surface area contributed by atoms with Gasteiger partial charge >= 0.3 is 12.1 Å². The molecule has 0 radical (unpaired) electrons.